The van der Waals surface area contributed by atoms with E-state index in [9.17, 15) is 18.0 Å². The van der Waals surface area contributed by atoms with Crippen LogP contribution in [-0.4, -0.2) is 17.6 Å². The van der Waals surface area contributed by atoms with Crippen LogP contribution in [0.25, 0.3) is 0 Å². The van der Waals surface area contributed by atoms with E-state index in [2.05, 4.69) is 5.32 Å². The van der Waals surface area contributed by atoms with Crippen LogP contribution in [-0.2, 0) is 4.79 Å². The normalized spacial score (nSPS) is 16.6. The Labute approximate surface area is 113 Å². The molecule has 1 aromatic rings. The summed E-state index contributed by atoms with van der Waals surface area (Å²) in [5.41, 5.74) is 2.61. The molecule has 0 radical (unpaired) electrons. The zero-order chi connectivity index (χ0) is 14.8. The van der Waals surface area contributed by atoms with Crippen molar-refractivity contribution in [1.82, 2.24) is 5.32 Å². The molecule has 3 N–H and O–H groups in total. The number of rotatable bonds is 3. The second kappa shape index (κ2) is 5.38. The molecule has 19 heavy (non-hydrogen) atoms. The van der Waals surface area contributed by atoms with Crippen LogP contribution in [0.3, 0.4) is 0 Å². The third kappa shape index (κ3) is 3.39. The Morgan fingerprint density at radius 2 is 1.89 bits per heavy atom. The Kier molecular flexibility index (Phi) is 4.47. The maximum atomic E-state index is 12.6. The van der Waals surface area contributed by atoms with Crippen molar-refractivity contribution >= 4 is 17.5 Å². The quantitative estimate of drug-likeness (QED) is 0.900. The number of hydrogen-bond acceptors (Lipinski definition) is 2. The summed E-state index contributed by atoms with van der Waals surface area (Å²) in [5.74, 6) is -1.30. The number of alkyl halides is 3. The minimum atomic E-state index is -4.82. The summed E-state index contributed by atoms with van der Waals surface area (Å²) in [7, 11) is 0. The summed E-state index contributed by atoms with van der Waals surface area (Å²) in [6.07, 6.45) is -4.82. The molecule has 0 heterocycles. The highest BCUT2D eigenvalue weighted by molar-refractivity contribution is 6.31. The Morgan fingerprint density at radius 1 is 1.37 bits per heavy atom. The van der Waals surface area contributed by atoms with Crippen LogP contribution in [0.4, 0.5) is 13.2 Å². The van der Waals surface area contributed by atoms with Gasteiger partial charge in [0.2, 0.25) is 5.91 Å². The predicted molar refractivity (Wildman–Crippen MR) is 66.7 cm³/mol. The topological polar surface area (TPSA) is 55.1 Å². The fourth-order valence-corrected chi connectivity index (χ4v) is 1.68. The van der Waals surface area contributed by atoms with Crippen LogP contribution in [0.15, 0.2) is 24.3 Å². The van der Waals surface area contributed by atoms with Gasteiger partial charge >= 0.3 is 6.18 Å². The van der Waals surface area contributed by atoms with Crippen LogP contribution >= 0.6 is 11.6 Å². The maximum absolute atomic E-state index is 12.6. The molecule has 0 aliphatic heterocycles. The number of carbonyl (C=O) groups is 1. The maximum Gasteiger partial charge on any atom is 0.415 e. The lowest BCUT2D eigenvalue weighted by atomic mass is 10.0. The van der Waals surface area contributed by atoms with Gasteiger partial charge in [-0.05, 0) is 25.5 Å². The van der Waals surface area contributed by atoms with Gasteiger partial charge in [0.15, 0.2) is 5.54 Å². The first-order valence-corrected chi connectivity index (χ1v) is 5.86. The number of halogens is 4. The van der Waals surface area contributed by atoms with Crippen LogP contribution in [0.5, 0.6) is 0 Å². The highest BCUT2D eigenvalue weighted by Gasteiger charge is 2.54. The van der Waals surface area contributed by atoms with E-state index in [0.29, 0.717) is 17.5 Å². The van der Waals surface area contributed by atoms with E-state index in [1.165, 1.54) is 6.92 Å². The Morgan fingerprint density at radius 3 is 2.37 bits per heavy atom. The van der Waals surface area contributed by atoms with Crippen molar-refractivity contribution in [3.05, 3.63) is 34.9 Å². The number of amides is 1. The van der Waals surface area contributed by atoms with E-state index >= 15 is 0 Å². The molecule has 1 amide bonds. The summed E-state index contributed by atoms with van der Waals surface area (Å²) >= 11 is 5.90. The van der Waals surface area contributed by atoms with Gasteiger partial charge in [-0.15, -0.1) is 0 Å². The van der Waals surface area contributed by atoms with Gasteiger partial charge < -0.3 is 11.1 Å². The number of benzene rings is 1. The standard InChI is InChI=1S/C12H14ClF3N2O/c1-7(8-5-3-4-6-9(8)13)18-10(19)11(2,17)12(14,15)16/h3-7H,17H2,1-2H3,(H,18,19)/t7-,11?/m0/s1. The van der Waals surface area contributed by atoms with Gasteiger partial charge in [-0.3, -0.25) is 4.79 Å². The van der Waals surface area contributed by atoms with Crippen molar-refractivity contribution in [3.63, 3.8) is 0 Å². The number of hydrogen-bond donors (Lipinski definition) is 2. The summed E-state index contributed by atoms with van der Waals surface area (Å²) in [5, 5.41) is 2.58. The van der Waals surface area contributed by atoms with Gasteiger partial charge in [-0.2, -0.15) is 13.2 Å². The molecule has 0 aliphatic rings. The molecule has 0 saturated carbocycles. The molecule has 1 rings (SSSR count). The lowest BCUT2D eigenvalue weighted by Gasteiger charge is -2.28. The predicted octanol–water partition coefficient (Wildman–Crippen LogP) is 2.80. The van der Waals surface area contributed by atoms with E-state index in [-0.39, 0.29) is 0 Å². The molecule has 1 unspecified atom stereocenters. The van der Waals surface area contributed by atoms with Crippen molar-refractivity contribution in [1.29, 1.82) is 0 Å². The molecule has 2 atom stereocenters. The van der Waals surface area contributed by atoms with Crippen molar-refractivity contribution in [2.45, 2.75) is 31.6 Å². The first kappa shape index (κ1) is 15.8. The van der Waals surface area contributed by atoms with Gasteiger partial charge in [0.1, 0.15) is 0 Å². The van der Waals surface area contributed by atoms with Gasteiger partial charge in [-0.25, -0.2) is 0 Å². The highest BCUT2D eigenvalue weighted by Crippen LogP contribution is 2.29. The average Bonchev–Trinajstić information content (AvgIpc) is 2.27. The van der Waals surface area contributed by atoms with E-state index in [1.54, 1.807) is 24.3 Å². The second-order valence-corrected chi connectivity index (χ2v) is 4.82. The molecular weight excluding hydrogens is 281 g/mol. The highest BCUT2D eigenvalue weighted by atomic mass is 35.5. The molecule has 3 nitrogen and oxygen atoms in total. The number of carbonyl (C=O) groups excluding carboxylic acids is 1. The second-order valence-electron chi connectivity index (χ2n) is 4.42. The molecule has 0 spiro atoms. The fourth-order valence-electron chi connectivity index (χ4n) is 1.38. The Bertz CT molecular complexity index is 474. The van der Waals surface area contributed by atoms with Crippen molar-refractivity contribution in [3.8, 4) is 0 Å². The molecule has 0 aromatic heterocycles. The number of nitrogens with two attached hydrogens (primary N) is 1. The largest absolute Gasteiger partial charge is 0.415 e. The lowest BCUT2D eigenvalue weighted by Crippen LogP contribution is -2.61. The molecule has 0 aliphatic carbocycles. The SMILES string of the molecule is C[C@H](NC(=O)C(C)(N)C(F)(F)F)c1ccccc1Cl. The van der Waals surface area contributed by atoms with Crippen LogP contribution in [0.1, 0.15) is 25.5 Å². The van der Waals surface area contributed by atoms with Gasteiger partial charge in [0.05, 0.1) is 6.04 Å². The first-order valence-electron chi connectivity index (χ1n) is 5.48. The monoisotopic (exact) mass is 294 g/mol. The summed E-state index contributed by atoms with van der Waals surface area (Å²) in [4.78, 5) is 11.6. The van der Waals surface area contributed by atoms with Crippen LogP contribution in [0.2, 0.25) is 5.02 Å². The molecule has 0 bridgehead atoms. The average molecular weight is 295 g/mol. The molecule has 7 heteroatoms. The molecule has 106 valence electrons. The summed E-state index contributed by atoms with van der Waals surface area (Å²) < 4.78 is 37.8. The lowest BCUT2D eigenvalue weighted by molar-refractivity contribution is -0.187. The van der Waals surface area contributed by atoms with Crippen molar-refractivity contribution in [2.24, 2.45) is 5.73 Å². The van der Waals surface area contributed by atoms with Crippen LogP contribution < -0.4 is 11.1 Å². The zero-order valence-corrected chi connectivity index (χ0v) is 11.1. The summed E-state index contributed by atoms with van der Waals surface area (Å²) in [6, 6.07) is 5.89. The molecule has 0 saturated heterocycles. The number of nitrogens with one attached hydrogen (secondary N) is 1. The smallest absolute Gasteiger partial charge is 0.348 e. The zero-order valence-electron chi connectivity index (χ0n) is 10.4. The molecular formula is C12H14ClF3N2O. The van der Waals surface area contributed by atoms with Crippen LogP contribution in [0, 0.1) is 0 Å². The summed E-state index contributed by atoms with van der Waals surface area (Å²) in [6.45, 7) is 2.16. The third-order valence-electron chi connectivity index (χ3n) is 2.78. The fraction of sp³-hybridized carbons (Fsp3) is 0.417. The van der Waals surface area contributed by atoms with E-state index in [1.807, 2.05) is 0 Å². The molecule has 0 fully saturated rings. The molecule has 1 aromatic carbocycles. The minimum Gasteiger partial charge on any atom is -0.348 e. The Hall–Kier alpha value is -1.27. The van der Waals surface area contributed by atoms with Gasteiger partial charge in [0.25, 0.3) is 0 Å². The van der Waals surface area contributed by atoms with Gasteiger partial charge in [0, 0.05) is 5.02 Å². The van der Waals surface area contributed by atoms with E-state index in [4.69, 9.17) is 17.3 Å². The Balaban J connectivity index is 2.87. The van der Waals surface area contributed by atoms with Crippen molar-refractivity contribution < 1.29 is 18.0 Å². The first-order chi connectivity index (χ1) is 8.57. The minimum absolute atomic E-state index is 0.362. The third-order valence-corrected chi connectivity index (χ3v) is 3.12. The van der Waals surface area contributed by atoms with Crippen molar-refractivity contribution in [2.75, 3.05) is 0 Å². The van der Waals surface area contributed by atoms with E-state index in [0.717, 1.165) is 0 Å². The van der Waals surface area contributed by atoms with Gasteiger partial charge in [-0.1, -0.05) is 29.8 Å². The van der Waals surface area contributed by atoms with E-state index < -0.39 is 23.7 Å².